The quantitative estimate of drug-likeness (QED) is 0.698. The predicted molar refractivity (Wildman–Crippen MR) is 62.3 cm³/mol. The molecular weight excluding hydrogens is 216 g/mol. The van der Waals surface area contributed by atoms with Crippen LogP contribution < -0.4 is 5.73 Å². The standard InChI is InChI=1S/C5H11NO2.C5H9N.ClH/c1-5(2,3)8-4(6)7;1-3-6-4-2-5(1)6;/h1-3H3,(H2,6,7);5H,1-4H2;1H. The zero-order chi connectivity index (χ0) is 10.8. The molecule has 0 saturated carbocycles. The van der Waals surface area contributed by atoms with Crippen LogP contribution in [0.4, 0.5) is 4.79 Å². The molecule has 0 aliphatic carbocycles. The summed E-state index contributed by atoms with van der Waals surface area (Å²) in [5.41, 5.74) is 4.26. The lowest BCUT2D eigenvalue weighted by atomic mass is 9.91. The van der Waals surface area contributed by atoms with Crippen molar-refractivity contribution in [2.45, 2.75) is 45.3 Å². The Labute approximate surface area is 97.5 Å². The Bertz CT molecular complexity index is 198. The molecule has 0 unspecified atom stereocenters. The molecule has 2 aliphatic heterocycles. The molecule has 15 heavy (non-hydrogen) atoms. The molecule has 2 rings (SSSR count). The fraction of sp³-hybridized carbons (Fsp3) is 0.900. The molecule has 1 amide bonds. The van der Waals surface area contributed by atoms with Crippen LogP contribution in [0.15, 0.2) is 0 Å². The fourth-order valence-electron chi connectivity index (χ4n) is 1.55. The highest BCUT2D eigenvalue weighted by Crippen LogP contribution is 2.28. The topological polar surface area (TPSA) is 55.6 Å². The molecule has 0 radical (unpaired) electrons. The number of hydrogen-bond acceptors (Lipinski definition) is 3. The number of hydrogen-bond donors (Lipinski definition) is 1. The van der Waals surface area contributed by atoms with Crippen molar-refractivity contribution >= 4 is 18.5 Å². The molecule has 0 spiro atoms. The number of carbonyl (C=O) groups is 1. The van der Waals surface area contributed by atoms with Gasteiger partial charge >= 0.3 is 6.09 Å². The van der Waals surface area contributed by atoms with Gasteiger partial charge in [0.25, 0.3) is 0 Å². The molecule has 2 aliphatic rings. The molecule has 0 atom stereocenters. The minimum absolute atomic E-state index is 0. The molecule has 2 saturated heterocycles. The third-order valence-corrected chi connectivity index (χ3v) is 2.42. The number of nitrogens with two attached hydrogens (primary N) is 1. The van der Waals surface area contributed by atoms with Crippen LogP contribution in [0.2, 0.25) is 0 Å². The first-order valence-electron chi connectivity index (χ1n) is 5.11. The number of piperidine rings is 1. The molecule has 4 nitrogen and oxygen atoms in total. The first-order chi connectivity index (χ1) is 6.38. The average Bonchev–Trinajstić information content (AvgIpc) is 1.92. The normalized spacial score (nSPS) is 19.4. The average molecular weight is 237 g/mol. The minimum Gasteiger partial charge on any atom is -0.444 e. The van der Waals surface area contributed by atoms with Crippen molar-refractivity contribution < 1.29 is 9.53 Å². The summed E-state index contributed by atoms with van der Waals surface area (Å²) < 4.78 is 4.58. The van der Waals surface area contributed by atoms with E-state index >= 15 is 0 Å². The molecule has 0 aromatic rings. The summed E-state index contributed by atoms with van der Waals surface area (Å²) in [6.45, 7) is 8.07. The Kier molecular flexibility index (Phi) is 5.38. The first-order valence-corrected chi connectivity index (χ1v) is 5.11. The van der Waals surface area contributed by atoms with E-state index in [0.717, 1.165) is 6.04 Å². The van der Waals surface area contributed by atoms with Gasteiger partial charge in [-0.25, -0.2) is 4.79 Å². The van der Waals surface area contributed by atoms with E-state index in [2.05, 4.69) is 9.64 Å². The van der Waals surface area contributed by atoms with Crippen LogP contribution in [0.25, 0.3) is 0 Å². The van der Waals surface area contributed by atoms with Gasteiger partial charge in [-0.2, -0.15) is 0 Å². The van der Waals surface area contributed by atoms with Crippen LogP contribution in [-0.2, 0) is 4.74 Å². The number of ether oxygens (including phenoxy) is 1. The number of halogens is 1. The van der Waals surface area contributed by atoms with E-state index in [-0.39, 0.29) is 12.4 Å². The van der Waals surface area contributed by atoms with Gasteiger partial charge in [0.2, 0.25) is 0 Å². The molecule has 0 bridgehead atoms. The van der Waals surface area contributed by atoms with Gasteiger partial charge in [0.15, 0.2) is 0 Å². The van der Waals surface area contributed by atoms with Crippen LogP contribution >= 0.6 is 12.4 Å². The van der Waals surface area contributed by atoms with Gasteiger partial charge in [-0.1, -0.05) is 0 Å². The van der Waals surface area contributed by atoms with Gasteiger partial charge in [0.1, 0.15) is 5.60 Å². The van der Waals surface area contributed by atoms with E-state index in [4.69, 9.17) is 5.73 Å². The second-order valence-corrected chi connectivity index (χ2v) is 4.80. The van der Waals surface area contributed by atoms with Gasteiger partial charge in [-0.05, 0) is 46.7 Å². The molecule has 2 fully saturated rings. The minimum atomic E-state index is -0.725. The third-order valence-electron chi connectivity index (χ3n) is 2.42. The monoisotopic (exact) mass is 236 g/mol. The van der Waals surface area contributed by atoms with E-state index in [0.29, 0.717) is 0 Å². The highest BCUT2D eigenvalue weighted by Gasteiger charge is 2.34. The lowest BCUT2D eigenvalue weighted by Gasteiger charge is -2.50. The van der Waals surface area contributed by atoms with Crippen LogP contribution in [-0.4, -0.2) is 35.7 Å². The van der Waals surface area contributed by atoms with Crippen molar-refractivity contribution in [3.8, 4) is 0 Å². The van der Waals surface area contributed by atoms with E-state index in [1.54, 1.807) is 20.8 Å². The SMILES string of the molecule is C1CN2CCC12.CC(C)(C)OC(N)=O.Cl. The van der Waals surface area contributed by atoms with Crippen LogP contribution in [0.1, 0.15) is 33.6 Å². The maximum absolute atomic E-state index is 10.0. The Morgan fingerprint density at radius 1 is 1.33 bits per heavy atom. The lowest BCUT2D eigenvalue weighted by Crippen LogP contribution is -2.57. The van der Waals surface area contributed by atoms with Crippen molar-refractivity contribution in [1.29, 1.82) is 0 Å². The zero-order valence-electron chi connectivity index (χ0n) is 9.66. The van der Waals surface area contributed by atoms with Crippen molar-refractivity contribution in [1.82, 2.24) is 4.90 Å². The van der Waals surface area contributed by atoms with E-state index < -0.39 is 11.7 Å². The molecule has 2 N–H and O–H groups in total. The number of amides is 1. The number of fused-ring (bicyclic) bond motifs is 1. The first kappa shape index (κ1) is 14.5. The second-order valence-electron chi connectivity index (χ2n) is 4.80. The molecule has 0 aromatic carbocycles. The summed E-state index contributed by atoms with van der Waals surface area (Å²) in [4.78, 5) is 12.5. The van der Waals surface area contributed by atoms with Crippen LogP contribution in [0.5, 0.6) is 0 Å². The van der Waals surface area contributed by atoms with Gasteiger partial charge in [-0.3, -0.25) is 0 Å². The van der Waals surface area contributed by atoms with Crippen molar-refractivity contribution in [3.05, 3.63) is 0 Å². The van der Waals surface area contributed by atoms with Gasteiger partial charge in [0.05, 0.1) is 0 Å². The number of primary amides is 1. The van der Waals surface area contributed by atoms with Crippen LogP contribution in [0.3, 0.4) is 0 Å². The predicted octanol–water partition coefficient (Wildman–Crippen LogP) is 1.77. The summed E-state index contributed by atoms with van der Waals surface area (Å²) >= 11 is 0. The molecule has 0 aromatic heterocycles. The van der Waals surface area contributed by atoms with E-state index in [9.17, 15) is 4.79 Å². The van der Waals surface area contributed by atoms with Gasteiger partial charge in [0, 0.05) is 6.04 Å². The summed E-state index contributed by atoms with van der Waals surface area (Å²) in [7, 11) is 0. The number of nitrogens with zero attached hydrogens (tertiary/aromatic N) is 1. The molecule has 90 valence electrons. The highest BCUT2D eigenvalue weighted by molar-refractivity contribution is 5.85. The number of rotatable bonds is 0. The molecule has 5 heteroatoms. The molecular formula is C10H21ClN2O2. The fourth-order valence-corrected chi connectivity index (χ4v) is 1.55. The van der Waals surface area contributed by atoms with E-state index in [1.807, 2.05) is 0 Å². The maximum Gasteiger partial charge on any atom is 0.405 e. The van der Waals surface area contributed by atoms with Gasteiger partial charge < -0.3 is 15.4 Å². The number of carbonyl (C=O) groups excluding carboxylic acids is 1. The Hall–Kier alpha value is -0.480. The van der Waals surface area contributed by atoms with Gasteiger partial charge in [-0.15, -0.1) is 12.4 Å². The highest BCUT2D eigenvalue weighted by atomic mass is 35.5. The van der Waals surface area contributed by atoms with Crippen molar-refractivity contribution in [3.63, 3.8) is 0 Å². The summed E-state index contributed by atoms with van der Waals surface area (Å²) in [6.07, 6.45) is 2.25. The second kappa shape index (κ2) is 5.56. The van der Waals surface area contributed by atoms with E-state index in [1.165, 1.54) is 25.9 Å². The van der Waals surface area contributed by atoms with Crippen molar-refractivity contribution in [2.24, 2.45) is 5.73 Å². The zero-order valence-corrected chi connectivity index (χ0v) is 10.5. The summed E-state index contributed by atoms with van der Waals surface area (Å²) in [5.74, 6) is 0. The van der Waals surface area contributed by atoms with Crippen LogP contribution in [0, 0.1) is 0 Å². The van der Waals surface area contributed by atoms with Crippen molar-refractivity contribution in [2.75, 3.05) is 13.1 Å². The summed E-state index contributed by atoms with van der Waals surface area (Å²) in [6, 6.07) is 1.05. The Balaban J connectivity index is 0.000000249. The summed E-state index contributed by atoms with van der Waals surface area (Å²) in [5, 5.41) is 0. The maximum atomic E-state index is 10.0. The smallest absolute Gasteiger partial charge is 0.405 e. The Morgan fingerprint density at radius 3 is 1.73 bits per heavy atom. The molecule has 2 heterocycles. The lowest BCUT2D eigenvalue weighted by molar-refractivity contribution is -0.00222. The largest absolute Gasteiger partial charge is 0.444 e. The Morgan fingerprint density at radius 2 is 1.73 bits per heavy atom. The third kappa shape index (κ3) is 5.23.